The van der Waals surface area contributed by atoms with Crippen LogP contribution in [0.4, 0.5) is 6.01 Å². The molecule has 0 bridgehead atoms. The minimum absolute atomic E-state index is 0.0641. The maximum absolute atomic E-state index is 5.66. The van der Waals surface area contributed by atoms with Crippen molar-refractivity contribution in [3.05, 3.63) is 40.2 Å². The van der Waals surface area contributed by atoms with Crippen LogP contribution in [0.15, 0.2) is 33.2 Å². The Morgan fingerprint density at radius 1 is 1.24 bits per heavy atom. The fourth-order valence-corrected chi connectivity index (χ4v) is 2.38. The van der Waals surface area contributed by atoms with E-state index in [-0.39, 0.29) is 12.1 Å². The summed E-state index contributed by atoms with van der Waals surface area (Å²) in [5.74, 6) is 0.604. The number of rotatable bonds is 7. The lowest BCUT2D eigenvalue weighted by atomic mass is 10.1. The Morgan fingerprint density at radius 3 is 2.76 bits per heavy atom. The third-order valence-corrected chi connectivity index (χ3v) is 3.69. The fourth-order valence-electron chi connectivity index (χ4n) is 1.96. The molecular formula is C15H21BrN4O. The molecule has 2 N–H and O–H groups in total. The topological polar surface area (TPSA) is 63.0 Å². The minimum Gasteiger partial charge on any atom is -0.406 e. The van der Waals surface area contributed by atoms with Crippen molar-refractivity contribution < 1.29 is 4.42 Å². The Kier molecular flexibility index (Phi) is 5.76. The predicted molar refractivity (Wildman–Crippen MR) is 87.2 cm³/mol. The Bertz CT molecular complexity index is 572. The SMILES string of the molecule is CCCNC(C)c1nnc(NC(C)c2cccc(Br)c2)o1. The summed E-state index contributed by atoms with van der Waals surface area (Å²) in [5.41, 5.74) is 1.15. The van der Waals surface area contributed by atoms with Crippen LogP contribution >= 0.6 is 15.9 Å². The van der Waals surface area contributed by atoms with E-state index in [0.29, 0.717) is 11.9 Å². The highest BCUT2D eigenvalue weighted by Crippen LogP contribution is 2.22. The summed E-state index contributed by atoms with van der Waals surface area (Å²) >= 11 is 3.48. The van der Waals surface area contributed by atoms with Gasteiger partial charge in [-0.05, 0) is 44.5 Å². The van der Waals surface area contributed by atoms with Crippen LogP contribution in [-0.2, 0) is 0 Å². The van der Waals surface area contributed by atoms with Crippen LogP contribution in [0, 0.1) is 0 Å². The summed E-state index contributed by atoms with van der Waals surface area (Å²) in [4.78, 5) is 0. The smallest absolute Gasteiger partial charge is 0.315 e. The van der Waals surface area contributed by atoms with Gasteiger partial charge < -0.3 is 15.1 Å². The first-order valence-corrected chi connectivity index (χ1v) is 7.98. The van der Waals surface area contributed by atoms with E-state index in [1.165, 1.54) is 0 Å². The Morgan fingerprint density at radius 2 is 2.05 bits per heavy atom. The molecular weight excluding hydrogens is 332 g/mol. The van der Waals surface area contributed by atoms with E-state index in [2.05, 4.69) is 62.7 Å². The molecule has 0 fully saturated rings. The van der Waals surface area contributed by atoms with Crippen molar-refractivity contribution in [2.45, 2.75) is 39.3 Å². The summed E-state index contributed by atoms with van der Waals surface area (Å²) in [7, 11) is 0. The molecule has 0 aliphatic heterocycles. The van der Waals surface area contributed by atoms with Crippen LogP contribution in [0.1, 0.15) is 50.7 Å². The number of hydrogen-bond acceptors (Lipinski definition) is 5. The van der Waals surface area contributed by atoms with Gasteiger partial charge in [0.1, 0.15) is 0 Å². The van der Waals surface area contributed by atoms with Gasteiger partial charge in [0.2, 0.25) is 5.89 Å². The van der Waals surface area contributed by atoms with Crippen molar-refractivity contribution >= 4 is 21.9 Å². The highest BCUT2D eigenvalue weighted by atomic mass is 79.9. The number of aromatic nitrogens is 2. The van der Waals surface area contributed by atoms with Gasteiger partial charge in [0.05, 0.1) is 12.1 Å². The number of anilines is 1. The van der Waals surface area contributed by atoms with Crippen molar-refractivity contribution in [2.75, 3.05) is 11.9 Å². The van der Waals surface area contributed by atoms with Gasteiger partial charge in [0, 0.05) is 4.47 Å². The molecule has 21 heavy (non-hydrogen) atoms. The summed E-state index contributed by atoms with van der Waals surface area (Å²) in [5, 5.41) is 14.7. The second kappa shape index (κ2) is 7.56. The molecule has 0 amide bonds. The van der Waals surface area contributed by atoms with E-state index in [0.717, 1.165) is 23.0 Å². The Hall–Kier alpha value is -1.40. The average Bonchev–Trinajstić information content (AvgIpc) is 2.93. The van der Waals surface area contributed by atoms with Gasteiger partial charge in [-0.15, -0.1) is 5.10 Å². The third-order valence-electron chi connectivity index (χ3n) is 3.20. The van der Waals surface area contributed by atoms with Crippen molar-refractivity contribution in [3.63, 3.8) is 0 Å². The second-order valence-corrected chi connectivity index (χ2v) is 5.96. The van der Waals surface area contributed by atoms with Crippen LogP contribution in [-0.4, -0.2) is 16.7 Å². The molecule has 114 valence electrons. The van der Waals surface area contributed by atoms with Gasteiger partial charge in [0.15, 0.2) is 0 Å². The summed E-state index contributed by atoms with van der Waals surface area (Å²) in [6.07, 6.45) is 1.07. The van der Waals surface area contributed by atoms with Gasteiger partial charge in [-0.25, -0.2) is 0 Å². The first-order chi connectivity index (χ1) is 10.1. The maximum atomic E-state index is 5.66. The molecule has 0 aliphatic carbocycles. The molecule has 1 aromatic carbocycles. The van der Waals surface area contributed by atoms with Crippen LogP contribution < -0.4 is 10.6 Å². The van der Waals surface area contributed by atoms with Crippen molar-refractivity contribution in [1.29, 1.82) is 0 Å². The van der Waals surface area contributed by atoms with Gasteiger partial charge in [-0.2, -0.15) is 0 Å². The number of nitrogens with zero attached hydrogens (tertiary/aromatic N) is 2. The molecule has 5 nitrogen and oxygen atoms in total. The number of halogens is 1. The van der Waals surface area contributed by atoms with Crippen LogP contribution in [0.2, 0.25) is 0 Å². The van der Waals surface area contributed by atoms with Gasteiger partial charge in [0.25, 0.3) is 0 Å². The van der Waals surface area contributed by atoms with Crippen LogP contribution in [0.3, 0.4) is 0 Å². The molecule has 2 atom stereocenters. The van der Waals surface area contributed by atoms with Crippen molar-refractivity contribution in [3.8, 4) is 0 Å². The highest BCUT2D eigenvalue weighted by Gasteiger charge is 2.15. The molecule has 2 aromatic rings. The standard InChI is InChI=1S/C15H21BrN4O/c1-4-8-17-11(3)14-19-20-15(21-14)18-10(2)12-6-5-7-13(16)9-12/h5-7,9-11,17H,4,8H2,1-3H3,(H,18,20). The zero-order chi connectivity index (χ0) is 15.2. The first kappa shape index (κ1) is 16.0. The monoisotopic (exact) mass is 352 g/mol. The van der Waals surface area contributed by atoms with E-state index >= 15 is 0 Å². The number of benzene rings is 1. The van der Waals surface area contributed by atoms with Crippen molar-refractivity contribution in [2.24, 2.45) is 0 Å². The normalized spacial score (nSPS) is 13.9. The molecule has 0 radical (unpaired) electrons. The van der Waals surface area contributed by atoms with Gasteiger partial charge in [-0.3, -0.25) is 0 Å². The molecule has 2 rings (SSSR count). The molecule has 1 heterocycles. The second-order valence-electron chi connectivity index (χ2n) is 5.04. The molecule has 6 heteroatoms. The Labute approximate surface area is 133 Å². The maximum Gasteiger partial charge on any atom is 0.315 e. The molecule has 1 aromatic heterocycles. The largest absolute Gasteiger partial charge is 0.406 e. The van der Waals surface area contributed by atoms with Crippen molar-refractivity contribution in [1.82, 2.24) is 15.5 Å². The van der Waals surface area contributed by atoms with Crippen LogP contribution in [0.25, 0.3) is 0 Å². The summed E-state index contributed by atoms with van der Waals surface area (Å²) < 4.78 is 6.71. The summed E-state index contributed by atoms with van der Waals surface area (Å²) in [6.45, 7) is 7.13. The fraction of sp³-hybridized carbons (Fsp3) is 0.467. The Balaban J connectivity index is 1.98. The number of hydrogen-bond donors (Lipinski definition) is 2. The lowest BCUT2D eigenvalue weighted by molar-refractivity contribution is 0.421. The third kappa shape index (κ3) is 4.54. The van der Waals surface area contributed by atoms with E-state index in [1.54, 1.807) is 0 Å². The van der Waals surface area contributed by atoms with E-state index < -0.39 is 0 Å². The zero-order valence-electron chi connectivity index (χ0n) is 12.6. The van der Waals surface area contributed by atoms with E-state index in [9.17, 15) is 0 Å². The van der Waals surface area contributed by atoms with E-state index in [4.69, 9.17) is 4.42 Å². The zero-order valence-corrected chi connectivity index (χ0v) is 14.1. The van der Waals surface area contributed by atoms with E-state index in [1.807, 2.05) is 19.1 Å². The lowest BCUT2D eigenvalue weighted by Gasteiger charge is -2.12. The quantitative estimate of drug-likeness (QED) is 0.786. The molecule has 0 spiro atoms. The molecule has 0 saturated heterocycles. The van der Waals surface area contributed by atoms with Gasteiger partial charge in [-0.1, -0.05) is 40.1 Å². The van der Waals surface area contributed by atoms with Gasteiger partial charge >= 0.3 is 6.01 Å². The van der Waals surface area contributed by atoms with Crippen LogP contribution in [0.5, 0.6) is 0 Å². The predicted octanol–water partition coefficient (Wildman–Crippen LogP) is 4.07. The highest BCUT2D eigenvalue weighted by molar-refractivity contribution is 9.10. The molecule has 0 saturated carbocycles. The first-order valence-electron chi connectivity index (χ1n) is 7.19. The average molecular weight is 353 g/mol. The summed E-state index contributed by atoms with van der Waals surface area (Å²) in [6, 6.07) is 8.74. The molecule has 2 unspecified atom stereocenters. The molecule has 0 aliphatic rings. The number of nitrogens with one attached hydrogen (secondary N) is 2. The minimum atomic E-state index is 0.0641. The lowest BCUT2D eigenvalue weighted by Crippen LogP contribution is -2.19.